The zero-order chi connectivity index (χ0) is 22.8. The van der Waals surface area contributed by atoms with Gasteiger partial charge in [-0.1, -0.05) is 6.07 Å². The summed E-state index contributed by atoms with van der Waals surface area (Å²) in [4.78, 5) is 12.4. The van der Waals surface area contributed by atoms with Crippen LogP contribution in [0.3, 0.4) is 0 Å². The highest BCUT2D eigenvalue weighted by molar-refractivity contribution is 7.80. The van der Waals surface area contributed by atoms with Gasteiger partial charge in [-0.05, 0) is 31.2 Å². The number of fused-ring (bicyclic) bond motifs is 1. The maximum atomic E-state index is 6.07. The van der Waals surface area contributed by atoms with Gasteiger partial charge in [0, 0.05) is 59.6 Å². The van der Waals surface area contributed by atoms with Gasteiger partial charge in [0.1, 0.15) is 5.75 Å². The smallest absolute Gasteiger partial charge is 0.180 e. The summed E-state index contributed by atoms with van der Waals surface area (Å²) in [7, 11) is 0. The van der Waals surface area contributed by atoms with Crippen LogP contribution in [0, 0.1) is 0 Å². The molecule has 1 aliphatic heterocycles. The minimum atomic E-state index is 0.585. The fourth-order valence-electron chi connectivity index (χ4n) is 3.93. The van der Waals surface area contributed by atoms with Crippen LogP contribution in [0.1, 0.15) is 6.92 Å². The third-order valence-electron chi connectivity index (χ3n) is 5.57. The summed E-state index contributed by atoms with van der Waals surface area (Å²) in [5.74, 6) is 1.48. The normalized spacial score (nSPS) is 13.9. The highest BCUT2D eigenvalue weighted by Gasteiger charge is 2.17. The van der Waals surface area contributed by atoms with Crippen LogP contribution in [0.2, 0.25) is 0 Å². The first-order valence-electron chi connectivity index (χ1n) is 10.9. The minimum Gasteiger partial charge on any atom is -0.492 e. The van der Waals surface area contributed by atoms with E-state index < -0.39 is 0 Å². The minimum absolute atomic E-state index is 0.585. The fourth-order valence-corrected chi connectivity index (χ4v) is 4.07. The van der Waals surface area contributed by atoms with Crippen molar-refractivity contribution >= 4 is 41.2 Å². The first-order chi connectivity index (χ1) is 16.1. The molecular weight excluding hydrogens is 436 g/mol. The Labute approximate surface area is 197 Å². The van der Waals surface area contributed by atoms with Crippen molar-refractivity contribution in [3.63, 3.8) is 0 Å². The van der Waals surface area contributed by atoms with Crippen molar-refractivity contribution in [3.8, 4) is 17.0 Å². The molecule has 2 aromatic carbocycles. The Hall–Kier alpha value is -3.43. The zero-order valence-electron chi connectivity index (χ0n) is 18.4. The maximum absolute atomic E-state index is 6.07. The van der Waals surface area contributed by atoms with E-state index in [2.05, 4.69) is 33.9 Å². The van der Waals surface area contributed by atoms with Crippen LogP contribution in [-0.4, -0.2) is 47.3 Å². The maximum Gasteiger partial charge on any atom is 0.180 e. The molecular formula is C24H26N6O2S. The number of imidazole rings is 1. The first-order valence-corrected chi connectivity index (χ1v) is 11.4. The molecule has 5 rings (SSSR count). The molecule has 0 spiro atoms. The molecule has 4 aromatic rings. The van der Waals surface area contributed by atoms with Crippen LogP contribution in [0.5, 0.6) is 5.75 Å². The molecule has 9 heteroatoms. The summed E-state index contributed by atoms with van der Waals surface area (Å²) < 4.78 is 13.4. The van der Waals surface area contributed by atoms with E-state index in [0.29, 0.717) is 18.1 Å². The van der Waals surface area contributed by atoms with E-state index in [1.807, 2.05) is 54.0 Å². The Kier molecular flexibility index (Phi) is 5.97. The monoisotopic (exact) mass is 462 g/mol. The van der Waals surface area contributed by atoms with E-state index in [1.165, 1.54) is 0 Å². The lowest BCUT2D eigenvalue weighted by Crippen LogP contribution is -2.36. The molecule has 0 atom stereocenters. The molecule has 3 heterocycles. The van der Waals surface area contributed by atoms with E-state index in [-0.39, 0.29) is 0 Å². The molecule has 3 N–H and O–H groups in total. The largest absolute Gasteiger partial charge is 0.492 e. The molecule has 1 saturated heterocycles. The molecule has 0 unspecified atom stereocenters. The van der Waals surface area contributed by atoms with Gasteiger partial charge < -0.3 is 29.8 Å². The average Bonchev–Trinajstić information content (AvgIpc) is 3.31. The predicted molar refractivity (Wildman–Crippen MR) is 134 cm³/mol. The number of nitrogens with zero attached hydrogens (tertiary/aromatic N) is 4. The Morgan fingerprint density at radius 3 is 2.82 bits per heavy atom. The van der Waals surface area contributed by atoms with Gasteiger partial charge in [-0.2, -0.15) is 0 Å². The van der Waals surface area contributed by atoms with Gasteiger partial charge in [-0.15, -0.1) is 12.6 Å². The molecule has 1 fully saturated rings. The summed E-state index contributed by atoms with van der Waals surface area (Å²) in [6, 6.07) is 11.8. The lowest BCUT2D eigenvalue weighted by molar-refractivity contribution is 0.122. The highest BCUT2D eigenvalue weighted by Crippen LogP contribution is 2.34. The van der Waals surface area contributed by atoms with Crippen molar-refractivity contribution in [2.75, 3.05) is 48.9 Å². The Morgan fingerprint density at radius 1 is 1.18 bits per heavy atom. The number of hydrogen-bond donors (Lipinski definition) is 3. The number of nitrogen functional groups attached to an aromatic ring is 1. The lowest BCUT2D eigenvalue weighted by Gasteiger charge is -2.30. The van der Waals surface area contributed by atoms with E-state index >= 15 is 0 Å². The van der Waals surface area contributed by atoms with E-state index in [0.717, 1.165) is 65.2 Å². The Bertz CT molecular complexity index is 1290. The van der Waals surface area contributed by atoms with Crippen LogP contribution in [0.15, 0.2) is 59.9 Å². The summed E-state index contributed by atoms with van der Waals surface area (Å²) in [5, 5.41) is 3.43. The van der Waals surface area contributed by atoms with Gasteiger partial charge >= 0.3 is 0 Å². The molecule has 0 amide bonds. The number of thiol groups is 1. The Morgan fingerprint density at radius 2 is 2.03 bits per heavy atom. The molecule has 0 saturated carbocycles. The van der Waals surface area contributed by atoms with Crippen molar-refractivity contribution in [1.29, 1.82) is 0 Å². The van der Waals surface area contributed by atoms with E-state index in [4.69, 9.17) is 20.2 Å². The molecule has 0 aliphatic carbocycles. The number of morpholine rings is 1. The van der Waals surface area contributed by atoms with Crippen molar-refractivity contribution in [2.24, 2.45) is 0 Å². The van der Waals surface area contributed by atoms with Crippen LogP contribution in [-0.2, 0) is 4.74 Å². The number of rotatable bonds is 6. The number of anilines is 4. The fraction of sp³-hybridized carbons (Fsp3) is 0.250. The van der Waals surface area contributed by atoms with Crippen molar-refractivity contribution < 1.29 is 9.47 Å². The zero-order valence-corrected chi connectivity index (χ0v) is 19.3. The van der Waals surface area contributed by atoms with Crippen LogP contribution in [0.4, 0.5) is 22.9 Å². The van der Waals surface area contributed by atoms with Gasteiger partial charge in [-0.25, -0.2) is 9.97 Å². The van der Waals surface area contributed by atoms with Crippen LogP contribution in [0.25, 0.3) is 16.9 Å². The second-order valence-corrected chi connectivity index (χ2v) is 8.23. The van der Waals surface area contributed by atoms with E-state index in [9.17, 15) is 0 Å². The quantitative estimate of drug-likeness (QED) is 0.292. The van der Waals surface area contributed by atoms with Gasteiger partial charge in [0.2, 0.25) is 0 Å². The van der Waals surface area contributed by atoms with Crippen molar-refractivity contribution in [3.05, 3.63) is 55.0 Å². The first kappa shape index (κ1) is 21.4. The van der Waals surface area contributed by atoms with Crippen LogP contribution < -0.4 is 20.7 Å². The topological polar surface area (TPSA) is 89.9 Å². The molecule has 8 nitrogen and oxygen atoms in total. The highest BCUT2D eigenvalue weighted by atomic mass is 32.1. The third-order valence-corrected chi connectivity index (χ3v) is 5.98. The molecule has 2 aromatic heterocycles. The number of benzene rings is 2. The second-order valence-electron chi connectivity index (χ2n) is 7.75. The average molecular weight is 463 g/mol. The Balaban J connectivity index is 1.51. The second kappa shape index (κ2) is 9.21. The van der Waals surface area contributed by atoms with E-state index in [1.54, 1.807) is 6.20 Å². The standard InChI is InChI=1S/C24H26N6O2S/c1-2-32-21-14-17(4-5-20(21)29-9-11-31-12-10-29)27-23-24-26-7-8-30(24)15-19(28-23)16-3-6-22(33)18(25)13-16/h3-8,13-15,33H,2,9-12,25H2,1H3,(H,27,28). The number of aromatic nitrogens is 3. The molecule has 1 aliphatic rings. The predicted octanol–water partition coefficient (Wildman–Crippen LogP) is 4.25. The van der Waals surface area contributed by atoms with Gasteiger partial charge in [0.25, 0.3) is 0 Å². The molecule has 33 heavy (non-hydrogen) atoms. The lowest BCUT2D eigenvalue weighted by atomic mass is 10.1. The SMILES string of the molecule is CCOc1cc(Nc2nc(-c3ccc(S)c(N)c3)cn3ccnc23)ccc1N1CCOCC1. The molecule has 0 radical (unpaired) electrons. The molecule has 170 valence electrons. The van der Waals surface area contributed by atoms with Crippen molar-refractivity contribution in [2.45, 2.75) is 11.8 Å². The summed E-state index contributed by atoms with van der Waals surface area (Å²) in [5.41, 5.74) is 11.0. The van der Waals surface area contributed by atoms with Gasteiger partial charge in [0.15, 0.2) is 11.5 Å². The number of nitrogens with two attached hydrogens (primary N) is 1. The van der Waals surface area contributed by atoms with Gasteiger partial charge in [0.05, 0.1) is 31.2 Å². The number of hydrogen-bond acceptors (Lipinski definition) is 8. The van der Waals surface area contributed by atoms with Crippen molar-refractivity contribution in [1.82, 2.24) is 14.4 Å². The van der Waals surface area contributed by atoms with Crippen LogP contribution >= 0.6 is 12.6 Å². The summed E-state index contributed by atoms with van der Waals surface area (Å²) >= 11 is 4.37. The number of nitrogens with one attached hydrogen (secondary N) is 1. The third kappa shape index (κ3) is 4.42. The van der Waals surface area contributed by atoms with Gasteiger partial charge in [-0.3, -0.25) is 0 Å². The summed E-state index contributed by atoms with van der Waals surface area (Å²) in [6.07, 6.45) is 5.59. The molecule has 0 bridgehead atoms. The number of ether oxygens (including phenoxy) is 2. The summed E-state index contributed by atoms with van der Waals surface area (Å²) in [6.45, 7) is 5.71.